The van der Waals surface area contributed by atoms with Gasteiger partial charge in [0.15, 0.2) is 11.6 Å². The Labute approximate surface area is 143 Å². The summed E-state index contributed by atoms with van der Waals surface area (Å²) < 4.78 is 0.810. The van der Waals surface area contributed by atoms with Crippen molar-refractivity contribution in [1.29, 1.82) is 0 Å². The first-order chi connectivity index (χ1) is 10.6. The third-order valence-electron chi connectivity index (χ3n) is 3.83. The lowest BCUT2D eigenvalue weighted by Crippen LogP contribution is -2.26. The first-order valence-corrected chi connectivity index (χ1v) is 9.52. The molecule has 0 radical (unpaired) electrons. The van der Waals surface area contributed by atoms with Gasteiger partial charge < -0.3 is 4.90 Å². The second-order valence-corrected chi connectivity index (χ2v) is 7.85. The van der Waals surface area contributed by atoms with Crippen molar-refractivity contribution in [2.45, 2.75) is 6.92 Å². The minimum Gasteiger partial charge on any atom is -0.347 e. The summed E-state index contributed by atoms with van der Waals surface area (Å²) >= 11 is 8.76. The molecule has 3 rings (SSSR count). The molecule has 0 bridgehead atoms. The number of nitrogens with zero attached hydrogens (tertiary/aromatic N) is 1. The van der Waals surface area contributed by atoms with Gasteiger partial charge in [0.05, 0.1) is 5.88 Å². The number of rotatable bonds is 2. The molecular weight excluding hydrogens is 334 g/mol. The Balaban J connectivity index is 1.78. The summed E-state index contributed by atoms with van der Waals surface area (Å²) in [6.45, 7) is 2.70. The Bertz CT molecular complexity index is 690. The van der Waals surface area contributed by atoms with E-state index in [-0.39, 0.29) is 11.6 Å². The van der Waals surface area contributed by atoms with Crippen molar-refractivity contribution < 1.29 is 9.59 Å². The number of allylic oxidation sites excluding steroid dienone is 1. The molecule has 0 saturated carbocycles. The zero-order valence-corrected chi connectivity index (χ0v) is 14.6. The number of Topliss-reactive ketones (excluding diaryl/α,β-unsaturated/α-hetero) is 2. The molecule has 2 aliphatic rings. The maximum atomic E-state index is 12.6. The normalized spacial score (nSPS) is 18.0. The molecule has 1 saturated heterocycles. The van der Waals surface area contributed by atoms with Crippen molar-refractivity contribution in [3.8, 4) is 0 Å². The smallest absolute Gasteiger partial charge is 0.191 e. The maximum Gasteiger partial charge on any atom is 0.191 e. The first-order valence-electron chi connectivity index (χ1n) is 6.97. The van der Waals surface area contributed by atoms with E-state index in [2.05, 4.69) is 4.90 Å². The molecular formula is C16H15NO2S3. The monoisotopic (exact) mass is 349 g/mol. The van der Waals surface area contributed by atoms with Crippen LogP contribution in [0.1, 0.15) is 27.6 Å². The van der Waals surface area contributed by atoms with Gasteiger partial charge in [-0.15, -0.1) is 11.8 Å². The molecule has 0 N–H and O–H groups in total. The quantitative estimate of drug-likeness (QED) is 0.762. The van der Waals surface area contributed by atoms with Crippen molar-refractivity contribution >= 4 is 51.6 Å². The molecule has 0 spiro atoms. The summed E-state index contributed by atoms with van der Waals surface area (Å²) in [5, 5.41) is 0. The van der Waals surface area contributed by atoms with Crippen molar-refractivity contribution in [2.75, 3.05) is 23.9 Å². The molecule has 0 amide bonds. The molecule has 1 aliphatic carbocycles. The average Bonchev–Trinajstić information content (AvgIpc) is 3.07. The number of ketones is 2. The number of thiocarbonyl (C=S) groups is 1. The number of fused-ring (bicyclic) bond motifs is 1. The minimum absolute atomic E-state index is 0.0428. The highest BCUT2D eigenvalue weighted by atomic mass is 32.2. The van der Waals surface area contributed by atoms with Crippen molar-refractivity contribution in [3.63, 3.8) is 0 Å². The van der Waals surface area contributed by atoms with Crippen LogP contribution >= 0.6 is 35.7 Å². The van der Waals surface area contributed by atoms with Gasteiger partial charge in [0.1, 0.15) is 4.32 Å². The van der Waals surface area contributed by atoms with Crippen LogP contribution in [0.4, 0.5) is 0 Å². The Morgan fingerprint density at radius 2 is 1.95 bits per heavy atom. The minimum atomic E-state index is -0.0477. The van der Waals surface area contributed by atoms with Crippen molar-refractivity contribution in [2.24, 2.45) is 0 Å². The lowest BCUT2D eigenvalue weighted by Gasteiger charge is -2.21. The van der Waals surface area contributed by atoms with Gasteiger partial charge in [-0.05, 0) is 6.92 Å². The molecule has 1 aromatic rings. The zero-order valence-electron chi connectivity index (χ0n) is 12.1. The van der Waals surface area contributed by atoms with Gasteiger partial charge in [-0.3, -0.25) is 9.59 Å². The van der Waals surface area contributed by atoms with E-state index in [9.17, 15) is 9.59 Å². The van der Waals surface area contributed by atoms with E-state index in [1.54, 1.807) is 31.2 Å². The summed E-state index contributed by atoms with van der Waals surface area (Å²) in [7, 11) is 0. The second-order valence-electron chi connectivity index (χ2n) is 5.16. The molecule has 0 atom stereocenters. The fourth-order valence-electron chi connectivity index (χ4n) is 2.51. The van der Waals surface area contributed by atoms with E-state index in [4.69, 9.17) is 12.2 Å². The molecule has 1 aliphatic heterocycles. The van der Waals surface area contributed by atoms with Crippen molar-refractivity contribution in [1.82, 2.24) is 4.90 Å². The molecule has 0 aromatic heterocycles. The van der Waals surface area contributed by atoms with Crippen molar-refractivity contribution in [3.05, 3.63) is 46.5 Å². The van der Waals surface area contributed by atoms with E-state index >= 15 is 0 Å². The molecule has 114 valence electrons. The topological polar surface area (TPSA) is 37.4 Å². The number of benzene rings is 1. The number of hydrogen-bond acceptors (Lipinski definition) is 5. The van der Waals surface area contributed by atoms with E-state index < -0.39 is 0 Å². The van der Waals surface area contributed by atoms with Gasteiger partial charge in [-0.1, -0.05) is 48.2 Å². The lowest BCUT2D eigenvalue weighted by molar-refractivity contribution is 0.0975. The van der Waals surface area contributed by atoms with Crippen LogP contribution < -0.4 is 0 Å². The summed E-state index contributed by atoms with van der Waals surface area (Å²) in [6, 6.07) is 7.02. The number of carbonyl (C=O) groups is 2. The number of carbonyl (C=O) groups excluding carboxylic acids is 2. The van der Waals surface area contributed by atoms with Crippen LogP contribution in [0.25, 0.3) is 0 Å². The Morgan fingerprint density at radius 1 is 1.27 bits per heavy atom. The number of hydrogen-bond donors (Lipinski definition) is 0. The van der Waals surface area contributed by atoms with Crippen LogP contribution in [0.5, 0.6) is 0 Å². The zero-order chi connectivity index (χ0) is 15.7. The molecule has 1 aromatic carbocycles. The third kappa shape index (κ3) is 2.87. The fourth-order valence-corrected chi connectivity index (χ4v) is 4.92. The van der Waals surface area contributed by atoms with Gasteiger partial charge in [-0.2, -0.15) is 0 Å². The molecule has 0 unspecified atom stereocenters. The Hall–Kier alpha value is -1.11. The second kappa shape index (κ2) is 6.56. The number of thioether (sulfide) groups is 2. The van der Waals surface area contributed by atoms with Gasteiger partial charge >= 0.3 is 0 Å². The largest absolute Gasteiger partial charge is 0.347 e. The highest BCUT2D eigenvalue weighted by Gasteiger charge is 2.29. The van der Waals surface area contributed by atoms with Gasteiger partial charge in [0, 0.05) is 40.3 Å². The summed E-state index contributed by atoms with van der Waals surface area (Å²) in [5.41, 5.74) is 2.16. The standard InChI is InChI=1S/C16H15NO2S3/c1-10-13(8-22-16(20)17-6-7-21-9-17)15(19)12-5-3-2-4-11(12)14(10)18/h2-5H,6-9H2,1H3. The van der Waals surface area contributed by atoms with Crippen LogP contribution in [-0.2, 0) is 0 Å². The first kappa shape index (κ1) is 15.8. The molecule has 6 heteroatoms. The third-order valence-corrected chi connectivity index (χ3v) is 6.35. The summed E-state index contributed by atoms with van der Waals surface area (Å²) in [4.78, 5) is 27.2. The van der Waals surface area contributed by atoms with E-state index in [1.807, 2.05) is 11.8 Å². The molecule has 22 heavy (non-hydrogen) atoms. The van der Waals surface area contributed by atoms with E-state index in [1.165, 1.54) is 11.8 Å². The lowest BCUT2D eigenvalue weighted by atomic mass is 9.85. The molecule has 1 fully saturated rings. The predicted octanol–water partition coefficient (Wildman–Crippen LogP) is 3.41. The van der Waals surface area contributed by atoms with Crippen LogP contribution in [0.15, 0.2) is 35.4 Å². The summed E-state index contributed by atoms with van der Waals surface area (Å²) in [6.07, 6.45) is 0. The maximum absolute atomic E-state index is 12.6. The van der Waals surface area contributed by atoms with E-state index in [0.29, 0.717) is 28.0 Å². The molecule has 3 nitrogen and oxygen atoms in total. The highest BCUT2D eigenvalue weighted by Crippen LogP contribution is 2.29. The average molecular weight is 350 g/mol. The SMILES string of the molecule is CC1=C(CSC(=S)N2CCSC2)C(=O)c2ccccc2C1=O. The Morgan fingerprint density at radius 3 is 2.59 bits per heavy atom. The Kier molecular flexibility index (Phi) is 4.70. The van der Waals surface area contributed by atoms with Crippen LogP contribution in [-0.4, -0.2) is 44.7 Å². The van der Waals surface area contributed by atoms with Gasteiger partial charge in [0.2, 0.25) is 0 Å². The van der Waals surface area contributed by atoms with Crippen LogP contribution in [0.2, 0.25) is 0 Å². The van der Waals surface area contributed by atoms with Crippen LogP contribution in [0.3, 0.4) is 0 Å². The fraction of sp³-hybridized carbons (Fsp3) is 0.312. The molecule has 1 heterocycles. The highest BCUT2D eigenvalue weighted by molar-refractivity contribution is 8.23. The summed E-state index contributed by atoms with van der Waals surface area (Å²) in [5.74, 6) is 2.38. The van der Waals surface area contributed by atoms with Gasteiger partial charge in [0.25, 0.3) is 0 Å². The van der Waals surface area contributed by atoms with Crippen LogP contribution in [0, 0.1) is 0 Å². The van der Waals surface area contributed by atoms with Gasteiger partial charge in [-0.25, -0.2) is 0 Å². The predicted molar refractivity (Wildman–Crippen MR) is 96.9 cm³/mol. The van der Waals surface area contributed by atoms with E-state index in [0.717, 1.165) is 22.5 Å².